The summed E-state index contributed by atoms with van der Waals surface area (Å²) in [5.74, 6) is -0.717. The van der Waals surface area contributed by atoms with Crippen LogP contribution in [0.2, 0.25) is 5.15 Å². The van der Waals surface area contributed by atoms with Gasteiger partial charge in [0.05, 0.1) is 18.6 Å². The van der Waals surface area contributed by atoms with Crippen LogP contribution in [-0.2, 0) is 9.47 Å². The second-order valence-electron chi connectivity index (χ2n) is 4.14. The highest BCUT2D eigenvalue weighted by Gasteiger charge is 2.32. The lowest BCUT2D eigenvalue weighted by Crippen LogP contribution is -2.42. The van der Waals surface area contributed by atoms with Gasteiger partial charge in [-0.3, -0.25) is 10.1 Å². The minimum absolute atomic E-state index is 0.0933. The number of pyridine rings is 1. The highest BCUT2D eigenvalue weighted by atomic mass is 35.5. The van der Waals surface area contributed by atoms with Crippen molar-refractivity contribution in [1.29, 1.82) is 0 Å². The maximum absolute atomic E-state index is 11.5. The van der Waals surface area contributed by atoms with E-state index in [1.807, 2.05) is 0 Å². The Balaban J connectivity index is 2.51. The van der Waals surface area contributed by atoms with Crippen molar-refractivity contribution in [3.8, 4) is 0 Å². The van der Waals surface area contributed by atoms with E-state index >= 15 is 0 Å². The first-order valence-corrected chi connectivity index (χ1v) is 6.11. The van der Waals surface area contributed by atoms with Gasteiger partial charge in [-0.15, -0.1) is 0 Å². The largest absolute Gasteiger partial charge is 0.464 e. The molecular formula is C11H12ClN3O5. The molecule has 0 aliphatic carbocycles. The second-order valence-corrected chi connectivity index (χ2v) is 4.50. The number of rotatable bonds is 4. The molecule has 0 amide bonds. The van der Waals surface area contributed by atoms with E-state index in [0.29, 0.717) is 6.61 Å². The molecule has 0 aromatic carbocycles. The van der Waals surface area contributed by atoms with Crippen molar-refractivity contribution in [2.24, 2.45) is 0 Å². The molecule has 108 valence electrons. The number of hydrogen-bond acceptors (Lipinski definition) is 7. The van der Waals surface area contributed by atoms with Crippen LogP contribution in [0.4, 0.5) is 11.4 Å². The maximum atomic E-state index is 11.5. The lowest BCUT2D eigenvalue weighted by molar-refractivity contribution is -0.384. The molecule has 1 aromatic heterocycles. The van der Waals surface area contributed by atoms with E-state index in [9.17, 15) is 14.9 Å². The third-order valence-corrected chi connectivity index (χ3v) is 3.26. The maximum Gasteiger partial charge on any atom is 0.356 e. The zero-order valence-electron chi connectivity index (χ0n) is 10.8. The van der Waals surface area contributed by atoms with E-state index < -0.39 is 10.9 Å². The Hall–Kier alpha value is -1.93. The van der Waals surface area contributed by atoms with Gasteiger partial charge in [0.15, 0.2) is 5.69 Å². The molecule has 2 rings (SSSR count). The second kappa shape index (κ2) is 5.59. The number of nitrogens with zero attached hydrogens (tertiary/aromatic N) is 3. The molecule has 0 unspecified atom stereocenters. The van der Waals surface area contributed by atoms with Crippen LogP contribution in [0.3, 0.4) is 0 Å². The van der Waals surface area contributed by atoms with Gasteiger partial charge in [0.1, 0.15) is 11.9 Å². The summed E-state index contributed by atoms with van der Waals surface area (Å²) in [5, 5.41) is 10.8. The summed E-state index contributed by atoms with van der Waals surface area (Å²) < 4.78 is 9.82. The number of nitro groups is 1. The molecule has 9 heteroatoms. The van der Waals surface area contributed by atoms with Crippen LogP contribution in [-0.4, -0.2) is 42.9 Å². The van der Waals surface area contributed by atoms with E-state index in [4.69, 9.17) is 16.3 Å². The average molecular weight is 302 g/mol. The van der Waals surface area contributed by atoms with Gasteiger partial charge in [0.2, 0.25) is 5.15 Å². The molecule has 20 heavy (non-hydrogen) atoms. The molecule has 0 radical (unpaired) electrons. The number of aromatic nitrogens is 1. The molecule has 0 saturated carbocycles. The van der Waals surface area contributed by atoms with E-state index in [0.717, 1.165) is 6.42 Å². The summed E-state index contributed by atoms with van der Waals surface area (Å²) in [6.07, 6.45) is 0.457. The predicted octanol–water partition coefficient (Wildman–Crippen LogP) is 1.61. The Bertz CT molecular complexity index is 561. The summed E-state index contributed by atoms with van der Waals surface area (Å²) in [5.41, 5.74) is -0.290. The smallest absolute Gasteiger partial charge is 0.356 e. The quantitative estimate of drug-likeness (QED) is 0.361. The van der Waals surface area contributed by atoms with Crippen molar-refractivity contribution in [3.63, 3.8) is 0 Å². The molecule has 0 bridgehead atoms. The third kappa shape index (κ3) is 2.52. The highest BCUT2D eigenvalue weighted by Crippen LogP contribution is 2.36. The van der Waals surface area contributed by atoms with Crippen molar-refractivity contribution < 1.29 is 19.2 Å². The van der Waals surface area contributed by atoms with Crippen LogP contribution < -0.4 is 4.90 Å². The first-order chi connectivity index (χ1) is 9.45. The van der Waals surface area contributed by atoms with E-state index in [-0.39, 0.29) is 28.4 Å². The van der Waals surface area contributed by atoms with Gasteiger partial charge < -0.3 is 14.4 Å². The summed E-state index contributed by atoms with van der Waals surface area (Å²) in [6, 6.07) is 1.28. The number of ether oxygens (including phenoxy) is 2. The first-order valence-electron chi connectivity index (χ1n) is 5.73. The summed E-state index contributed by atoms with van der Waals surface area (Å²) in [6.45, 7) is 0.589. The monoisotopic (exact) mass is 301 g/mol. The van der Waals surface area contributed by atoms with Crippen LogP contribution >= 0.6 is 11.6 Å². The number of esters is 1. The highest BCUT2D eigenvalue weighted by molar-refractivity contribution is 6.32. The Morgan fingerprint density at radius 3 is 2.80 bits per heavy atom. The molecule has 8 nitrogen and oxygen atoms in total. The Labute approximate surface area is 119 Å². The lowest BCUT2D eigenvalue weighted by atomic mass is 10.2. The van der Waals surface area contributed by atoms with Gasteiger partial charge in [0, 0.05) is 19.5 Å². The van der Waals surface area contributed by atoms with Crippen LogP contribution in [0.5, 0.6) is 0 Å². The van der Waals surface area contributed by atoms with Crippen LogP contribution in [0.1, 0.15) is 16.9 Å². The fourth-order valence-corrected chi connectivity index (χ4v) is 2.08. The number of carbonyl (C=O) groups is 1. The van der Waals surface area contributed by atoms with E-state index in [1.165, 1.54) is 13.2 Å². The van der Waals surface area contributed by atoms with Crippen molar-refractivity contribution in [2.45, 2.75) is 12.6 Å². The number of anilines is 1. The molecule has 2 heterocycles. The molecule has 0 spiro atoms. The standard InChI is InChI=1S/C11H12ClN3O5/c1-14(8-3-4-20-8)7-5-6(11(16)19-2)13-10(12)9(7)15(17)18/h5,8H,3-4H2,1-2H3/t8-/m0/s1. The van der Waals surface area contributed by atoms with Gasteiger partial charge >= 0.3 is 11.7 Å². The van der Waals surface area contributed by atoms with Crippen molar-refractivity contribution in [3.05, 3.63) is 27.0 Å². The van der Waals surface area contributed by atoms with Crippen molar-refractivity contribution in [2.75, 3.05) is 25.7 Å². The van der Waals surface area contributed by atoms with E-state index in [2.05, 4.69) is 9.72 Å². The van der Waals surface area contributed by atoms with Gasteiger partial charge in [-0.05, 0) is 0 Å². The molecule has 0 N–H and O–H groups in total. The molecular weight excluding hydrogens is 290 g/mol. The molecule has 1 aromatic rings. The first kappa shape index (κ1) is 14.5. The Morgan fingerprint density at radius 2 is 2.35 bits per heavy atom. The fraction of sp³-hybridized carbons (Fsp3) is 0.455. The Kier molecular flexibility index (Phi) is 4.05. The average Bonchev–Trinajstić information content (AvgIpc) is 2.34. The van der Waals surface area contributed by atoms with Crippen LogP contribution in [0.25, 0.3) is 0 Å². The van der Waals surface area contributed by atoms with E-state index in [1.54, 1.807) is 11.9 Å². The SMILES string of the molecule is COC(=O)c1cc(N(C)[C@@H]2CCO2)c([N+](=O)[O-])c(Cl)n1. The van der Waals surface area contributed by atoms with Crippen LogP contribution in [0, 0.1) is 10.1 Å². The summed E-state index contributed by atoms with van der Waals surface area (Å²) in [7, 11) is 2.82. The zero-order chi connectivity index (χ0) is 14.9. The normalized spacial score (nSPS) is 17.2. The van der Waals surface area contributed by atoms with Crippen molar-refractivity contribution in [1.82, 2.24) is 4.98 Å². The predicted molar refractivity (Wildman–Crippen MR) is 70.0 cm³/mol. The number of methoxy groups -OCH3 is 1. The third-order valence-electron chi connectivity index (χ3n) is 2.99. The lowest BCUT2D eigenvalue weighted by Gasteiger charge is -2.35. The summed E-state index contributed by atoms with van der Waals surface area (Å²) >= 11 is 5.81. The molecule has 1 atom stereocenters. The van der Waals surface area contributed by atoms with Gasteiger partial charge in [0.25, 0.3) is 0 Å². The minimum Gasteiger partial charge on any atom is -0.464 e. The summed E-state index contributed by atoms with van der Waals surface area (Å²) in [4.78, 5) is 27.2. The molecule has 1 saturated heterocycles. The number of halogens is 1. The Morgan fingerprint density at radius 1 is 1.70 bits per heavy atom. The molecule has 1 aliphatic heterocycles. The van der Waals surface area contributed by atoms with Crippen molar-refractivity contribution >= 4 is 28.9 Å². The number of carbonyl (C=O) groups excluding carboxylic acids is 1. The van der Waals surface area contributed by atoms with Crippen LogP contribution in [0.15, 0.2) is 6.07 Å². The minimum atomic E-state index is -0.717. The zero-order valence-corrected chi connectivity index (χ0v) is 11.6. The topological polar surface area (TPSA) is 94.8 Å². The molecule has 1 aliphatic rings. The number of hydrogen-bond donors (Lipinski definition) is 0. The van der Waals surface area contributed by atoms with Gasteiger partial charge in [-0.25, -0.2) is 9.78 Å². The fourth-order valence-electron chi connectivity index (χ4n) is 1.83. The van der Waals surface area contributed by atoms with Gasteiger partial charge in [-0.1, -0.05) is 11.6 Å². The van der Waals surface area contributed by atoms with Gasteiger partial charge in [-0.2, -0.15) is 0 Å². The molecule has 1 fully saturated rings.